The van der Waals surface area contributed by atoms with Crippen molar-refractivity contribution in [3.8, 4) is 0 Å². The van der Waals surface area contributed by atoms with Crippen molar-refractivity contribution < 1.29 is 0 Å². The summed E-state index contributed by atoms with van der Waals surface area (Å²) in [4.78, 5) is 11.3. The van der Waals surface area contributed by atoms with Crippen LogP contribution in [0.5, 0.6) is 0 Å². The minimum Gasteiger partial charge on any atom is -0.363 e. The molecule has 0 fully saturated rings. The molecule has 5 heteroatoms. The van der Waals surface area contributed by atoms with E-state index >= 15 is 0 Å². The van der Waals surface area contributed by atoms with E-state index in [0.29, 0.717) is 0 Å². The highest BCUT2D eigenvalue weighted by Crippen LogP contribution is 2.28. The van der Waals surface area contributed by atoms with Crippen molar-refractivity contribution in [1.29, 1.82) is 0 Å². The number of aryl methyl sites for hydroxylation is 3. The van der Waals surface area contributed by atoms with Gasteiger partial charge in [0.1, 0.15) is 16.2 Å². The molecule has 0 radical (unpaired) electrons. The van der Waals surface area contributed by atoms with Crippen LogP contribution in [-0.4, -0.2) is 9.97 Å². The molecule has 2 rings (SSSR count). The number of halogens is 1. The van der Waals surface area contributed by atoms with Gasteiger partial charge >= 0.3 is 0 Å². The summed E-state index contributed by atoms with van der Waals surface area (Å²) in [5.74, 6) is 1.61. The van der Waals surface area contributed by atoms with Crippen LogP contribution in [0.4, 0.5) is 5.82 Å². The summed E-state index contributed by atoms with van der Waals surface area (Å²) in [5.41, 5.74) is 1.34. The Hall–Kier alpha value is -0.940. The van der Waals surface area contributed by atoms with Crippen LogP contribution in [-0.2, 0) is 0 Å². The molecule has 0 spiro atoms. The highest BCUT2D eigenvalue weighted by Gasteiger charge is 2.12. The molecule has 0 bridgehead atoms. The number of aromatic nitrogens is 2. The zero-order valence-electron chi connectivity index (χ0n) is 10.9. The van der Waals surface area contributed by atoms with Crippen LogP contribution in [0.2, 0.25) is 0 Å². The summed E-state index contributed by atoms with van der Waals surface area (Å²) < 4.78 is 0.808. The van der Waals surface area contributed by atoms with Crippen LogP contribution in [0.1, 0.15) is 34.1 Å². The van der Waals surface area contributed by atoms with Crippen molar-refractivity contribution >= 4 is 33.1 Å². The average Bonchev–Trinajstić information content (AvgIpc) is 2.56. The third-order valence-electron chi connectivity index (χ3n) is 2.72. The fourth-order valence-corrected chi connectivity index (χ4v) is 3.48. The van der Waals surface area contributed by atoms with Gasteiger partial charge in [-0.25, -0.2) is 9.97 Å². The van der Waals surface area contributed by atoms with E-state index in [2.05, 4.69) is 58.1 Å². The van der Waals surface area contributed by atoms with Gasteiger partial charge in [0.15, 0.2) is 0 Å². The molecule has 1 N–H and O–H groups in total. The molecule has 0 aliphatic carbocycles. The van der Waals surface area contributed by atoms with E-state index in [1.54, 1.807) is 0 Å². The lowest BCUT2D eigenvalue weighted by Crippen LogP contribution is -2.09. The first-order chi connectivity index (χ1) is 8.45. The zero-order valence-corrected chi connectivity index (χ0v) is 13.3. The summed E-state index contributed by atoms with van der Waals surface area (Å²) in [6, 6.07) is 4.38. The molecule has 2 aromatic heterocycles. The van der Waals surface area contributed by atoms with Crippen molar-refractivity contribution in [3.05, 3.63) is 37.9 Å². The fraction of sp³-hybridized carbons (Fsp3) is 0.385. The molecular formula is C13H16BrN3S. The highest BCUT2D eigenvalue weighted by atomic mass is 79.9. The van der Waals surface area contributed by atoms with Gasteiger partial charge in [0, 0.05) is 15.8 Å². The minimum atomic E-state index is 0.246. The molecular weight excluding hydrogens is 310 g/mol. The van der Waals surface area contributed by atoms with Gasteiger partial charge in [-0.15, -0.1) is 11.3 Å². The molecule has 1 unspecified atom stereocenters. The van der Waals surface area contributed by atoms with E-state index in [0.717, 1.165) is 16.2 Å². The smallest absolute Gasteiger partial charge is 0.131 e. The monoisotopic (exact) mass is 325 g/mol. The van der Waals surface area contributed by atoms with Crippen LogP contribution in [0.3, 0.4) is 0 Å². The first-order valence-electron chi connectivity index (χ1n) is 5.80. The van der Waals surface area contributed by atoms with Gasteiger partial charge in [0.05, 0.1) is 6.04 Å². The molecule has 96 valence electrons. The Morgan fingerprint density at radius 2 is 1.94 bits per heavy atom. The molecule has 0 amide bonds. The summed E-state index contributed by atoms with van der Waals surface area (Å²) >= 11 is 5.22. The number of nitrogens with zero attached hydrogens (tertiary/aromatic N) is 2. The minimum absolute atomic E-state index is 0.246. The number of nitrogens with one attached hydrogen (secondary N) is 1. The Morgan fingerprint density at radius 3 is 2.50 bits per heavy atom. The van der Waals surface area contributed by atoms with Crippen LogP contribution in [0, 0.1) is 20.8 Å². The lowest BCUT2D eigenvalue weighted by Gasteiger charge is -2.15. The Labute approximate surface area is 120 Å². The Kier molecular flexibility index (Phi) is 4.02. The number of anilines is 1. The highest BCUT2D eigenvalue weighted by molar-refractivity contribution is 9.10. The van der Waals surface area contributed by atoms with Crippen molar-refractivity contribution in [3.63, 3.8) is 0 Å². The van der Waals surface area contributed by atoms with Crippen molar-refractivity contribution in [2.75, 3.05) is 5.32 Å². The topological polar surface area (TPSA) is 37.8 Å². The van der Waals surface area contributed by atoms with Gasteiger partial charge in [0.25, 0.3) is 0 Å². The van der Waals surface area contributed by atoms with Gasteiger partial charge < -0.3 is 5.32 Å². The Balaban J connectivity index is 2.20. The predicted octanol–water partition coefficient (Wildman–Crippen LogP) is 4.40. The van der Waals surface area contributed by atoms with Gasteiger partial charge in [-0.05, 0) is 55.3 Å². The van der Waals surface area contributed by atoms with Crippen LogP contribution in [0.25, 0.3) is 0 Å². The maximum Gasteiger partial charge on any atom is 0.131 e. The molecule has 0 aliphatic heterocycles. The molecule has 0 aliphatic rings. The number of thiophene rings is 1. The molecule has 2 aromatic rings. The van der Waals surface area contributed by atoms with Gasteiger partial charge in [-0.3, -0.25) is 0 Å². The molecule has 1 atom stereocenters. The second-order valence-corrected chi connectivity index (χ2v) is 6.63. The van der Waals surface area contributed by atoms with Crippen LogP contribution in [0.15, 0.2) is 16.7 Å². The molecule has 0 saturated carbocycles. The number of rotatable bonds is 3. The maximum atomic E-state index is 4.39. The molecule has 2 heterocycles. The van der Waals surface area contributed by atoms with Crippen LogP contribution < -0.4 is 5.32 Å². The number of hydrogen-bond donors (Lipinski definition) is 1. The fourth-order valence-electron chi connectivity index (χ4n) is 1.99. The molecule has 0 saturated heterocycles. The van der Waals surface area contributed by atoms with E-state index in [-0.39, 0.29) is 6.04 Å². The first-order valence-corrected chi connectivity index (χ1v) is 7.41. The van der Waals surface area contributed by atoms with E-state index in [1.807, 2.05) is 24.3 Å². The summed E-state index contributed by atoms with van der Waals surface area (Å²) in [6.07, 6.45) is 0. The predicted molar refractivity (Wildman–Crippen MR) is 80.3 cm³/mol. The summed E-state index contributed by atoms with van der Waals surface area (Å²) in [6.45, 7) is 8.34. The quantitative estimate of drug-likeness (QED) is 0.850. The Morgan fingerprint density at radius 1 is 1.22 bits per heavy atom. The maximum absolute atomic E-state index is 4.39. The lowest BCUT2D eigenvalue weighted by molar-refractivity contribution is 0.863. The standard InChI is InChI=1S/C13H16BrN3S/c1-7-5-11(9(3)18-7)8(2)15-13-6-12(14)16-10(4)17-13/h5-6,8H,1-4H3,(H,15,16,17). The average molecular weight is 326 g/mol. The van der Waals surface area contributed by atoms with Gasteiger partial charge in [-0.2, -0.15) is 0 Å². The summed E-state index contributed by atoms with van der Waals surface area (Å²) in [5, 5.41) is 3.42. The zero-order chi connectivity index (χ0) is 13.3. The summed E-state index contributed by atoms with van der Waals surface area (Å²) in [7, 11) is 0. The molecule has 3 nitrogen and oxygen atoms in total. The van der Waals surface area contributed by atoms with E-state index in [4.69, 9.17) is 0 Å². The van der Waals surface area contributed by atoms with E-state index in [9.17, 15) is 0 Å². The molecule has 18 heavy (non-hydrogen) atoms. The second-order valence-electron chi connectivity index (χ2n) is 4.36. The third-order valence-corrected chi connectivity index (χ3v) is 4.10. The molecule has 0 aromatic carbocycles. The van der Waals surface area contributed by atoms with E-state index in [1.165, 1.54) is 15.3 Å². The lowest BCUT2D eigenvalue weighted by atomic mass is 10.1. The van der Waals surface area contributed by atoms with E-state index < -0.39 is 0 Å². The second kappa shape index (κ2) is 5.36. The van der Waals surface area contributed by atoms with Crippen LogP contribution >= 0.6 is 27.3 Å². The van der Waals surface area contributed by atoms with Crippen molar-refractivity contribution in [2.24, 2.45) is 0 Å². The van der Waals surface area contributed by atoms with Crippen molar-refractivity contribution in [1.82, 2.24) is 9.97 Å². The van der Waals surface area contributed by atoms with Crippen molar-refractivity contribution in [2.45, 2.75) is 33.7 Å². The van der Waals surface area contributed by atoms with Gasteiger partial charge in [0.2, 0.25) is 0 Å². The Bertz CT molecular complexity index is 545. The third kappa shape index (κ3) is 3.09. The number of hydrogen-bond acceptors (Lipinski definition) is 4. The first kappa shape index (κ1) is 13.5. The SMILES string of the molecule is Cc1nc(Br)cc(NC(C)c2cc(C)sc2C)n1. The normalized spacial score (nSPS) is 12.5. The van der Waals surface area contributed by atoms with Gasteiger partial charge in [-0.1, -0.05) is 0 Å². The largest absolute Gasteiger partial charge is 0.363 e.